The highest BCUT2D eigenvalue weighted by atomic mass is 16.4. The van der Waals surface area contributed by atoms with Gasteiger partial charge in [0.1, 0.15) is 17.1 Å². The van der Waals surface area contributed by atoms with E-state index in [9.17, 15) is 9.59 Å². The predicted molar refractivity (Wildman–Crippen MR) is 138 cm³/mol. The highest BCUT2D eigenvalue weighted by molar-refractivity contribution is 5.95. The molecule has 178 valence electrons. The Morgan fingerprint density at radius 3 is 2.39 bits per heavy atom. The summed E-state index contributed by atoms with van der Waals surface area (Å²) in [6.07, 6.45) is 0.311. The van der Waals surface area contributed by atoms with Crippen molar-refractivity contribution in [2.24, 2.45) is 0 Å². The number of carbonyl (C=O) groups excluding carboxylic acids is 2. The highest BCUT2D eigenvalue weighted by Gasteiger charge is 2.14. The maximum Gasteiger partial charge on any atom is 0.270 e. The zero-order valence-corrected chi connectivity index (χ0v) is 19.7. The fourth-order valence-corrected chi connectivity index (χ4v) is 3.85. The van der Waals surface area contributed by atoms with Gasteiger partial charge in [0.2, 0.25) is 11.8 Å². The molecule has 3 aromatic carbocycles. The number of rotatable bonds is 7. The van der Waals surface area contributed by atoms with Gasteiger partial charge in [0.25, 0.3) is 5.91 Å². The van der Waals surface area contributed by atoms with E-state index in [2.05, 4.69) is 20.6 Å². The molecule has 0 unspecified atom stereocenters. The van der Waals surface area contributed by atoms with Crippen LogP contribution in [0.4, 0.5) is 5.69 Å². The summed E-state index contributed by atoms with van der Waals surface area (Å²) in [6.45, 7) is 2.03. The monoisotopic (exact) mass is 476 g/mol. The summed E-state index contributed by atoms with van der Waals surface area (Å²) in [4.78, 5) is 33.9. The summed E-state index contributed by atoms with van der Waals surface area (Å²) in [7, 11) is 0. The van der Waals surface area contributed by atoms with E-state index >= 15 is 0 Å². The Kier molecular flexibility index (Phi) is 6.53. The molecule has 2 aromatic heterocycles. The van der Waals surface area contributed by atoms with Crippen molar-refractivity contribution in [1.29, 1.82) is 0 Å². The molecule has 7 heteroatoms. The smallest absolute Gasteiger partial charge is 0.270 e. The van der Waals surface area contributed by atoms with Crippen molar-refractivity contribution in [3.63, 3.8) is 0 Å². The molecule has 0 fully saturated rings. The molecule has 5 aromatic rings. The van der Waals surface area contributed by atoms with Crippen LogP contribution in [0.1, 0.15) is 27.5 Å². The number of hydrogen-bond acceptors (Lipinski definition) is 5. The fraction of sp³-hybridized carbons (Fsp3) is 0.103. The molecule has 0 aliphatic heterocycles. The van der Waals surface area contributed by atoms with Gasteiger partial charge in [-0.15, -0.1) is 0 Å². The lowest BCUT2D eigenvalue weighted by Crippen LogP contribution is -2.24. The summed E-state index contributed by atoms with van der Waals surface area (Å²) < 4.78 is 5.83. The third-order valence-corrected chi connectivity index (χ3v) is 5.76. The van der Waals surface area contributed by atoms with E-state index in [0.29, 0.717) is 35.1 Å². The Labute approximate surface area is 208 Å². The average molecular weight is 477 g/mol. The number of benzene rings is 3. The number of anilines is 1. The fourth-order valence-electron chi connectivity index (χ4n) is 3.85. The van der Waals surface area contributed by atoms with Gasteiger partial charge in [-0.25, -0.2) is 9.97 Å². The highest BCUT2D eigenvalue weighted by Crippen LogP contribution is 2.23. The first-order chi connectivity index (χ1) is 17.5. The van der Waals surface area contributed by atoms with Gasteiger partial charge in [-0.3, -0.25) is 9.59 Å². The first kappa shape index (κ1) is 23.0. The van der Waals surface area contributed by atoms with Crippen molar-refractivity contribution in [1.82, 2.24) is 15.3 Å². The molecule has 0 spiro atoms. The Balaban J connectivity index is 1.21. The summed E-state index contributed by atoms with van der Waals surface area (Å²) in [5.74, 6) is 0.708. The van der Waals surface area contributed by atoms with Crippen molar-refractivity contribution in [3.05, 3.63) is 114 Å². The molecule has 2 amide bonds. The molecule has 2 heterocycles. The molecular formula is C29H24N4O3. The van der Waals surface area contributed by atoms with Crippen molar-refractivity contribution in [2.75, 3.05) is 5.32 Å². The SMILES string of the molecule is Cc1oc(-c2ccc(NC(=O)Cc3ccccc3)cc2)nc1CNC(=O)c1ccc2ccccc2n1. The predicted octanol–water partition coefficient (Wildman–Crippen LogP) is 5.31. The summed E-state index contributed by atoms with van der Waals surface area (Å²) in [5.41, 5.74) is 4.17. The molecule has 0 radical (unpaired) electrons. The number of oxazole rings is 1. The van der Waals surface area contributed by atoms with Crippen LogP contribution in [0.25, 0.3) is 22.4 Å². The number of pyridine rings is 1. The van der Waals surface area contributed by atoms with Gasteiger partial charge in [0.15, 0.2) is 0 Å². The third-order valence-electron chi connectivity index (χ3n) is 5.76. The summed E-state index contributed by atoms with van der Waals surface area (Å²) >= 11 is 0. The number of aryl methyl sites for hydroxylation is 1. The van der Waals surface area contributed by atoms with E-state index in [1.54, 1.807) is 6.07 Å². The zero-order chi connectivity index (χ0) is 24.9. The molecular weight excluding hydrogens is 452 g/mol. The Morgan fingerprint density at radius 2 is 1.58 bits per heavy atom. The first-order valence-corrected chi connectivity index (χ1v) is 11.6. The van der Waals surface area contributed by atoms with E-state index < -0.39 is 0 Å². The second-order valence-electron chi connectivity index (χ2n) is 8.38. The van der Waals surface area contributed by atoms with Crippen LogP contribution in [0.5, 0.6) is 0 Å². The van der Waals surface area contributed by atoms with E-state index in [-0.39, 0.29) is 18.4 Å². The van der Waals surface area contributed by atoms with Gasteiger partial charge in [-0.2, -0.15) is 0 Å². The standard InChI is InChI=1S/C29H24N4O3/c1-19-26(18-30-28(35)25-16-13-21-9-5-6-10-24(21)32-25)33-29(36-19)22-11-14-23(15-12-22)31-27(34)17-20-7-3-2-4-8-20/h2-16H,17-18H2,1H3,(H,30,35)(H,31,34). The molecule has 2 N–H and O–H groups in total. The van der Waals surface area contributed by atoms with E-state index in [1.165, 1.54) is 0 Å². The number of nitrogens with one attached hydrogen (secondary N) is 2. The third kappa shape index (κ3) is 5.31. The number of para-hydroxylation sites is 1. The average Bonchev–Trinajstić information content (AvgIpc) is 3.28. The normalized spacial score (nSPS) is 10.8. The molecule has 0 atom stereocenters. The minimum absolute atomic E-state index is 0.0835. The van der Waals surface area contributed by atoms with Crippen LogP contribution in [0.3, 0.4) is 0 Å². The van der Waals surface area contributed by atoms with Crippen LogP contribution in [0.15, 0.2) is 95.4 Å². The molecule has 7 nitrogen and oxygen atoms in total. The van der Waals surface area contributed by atoms with Crippen LogP contribution >= 0.6 is 0 Å². The minimum atomic E-state index is -0.277. The number of nitrogens with zero attached hydrogens (tertiary/aromatic N) is 2. The lowest BCUT2D eigenvalue weighted by atomic mass is 10.1. The Hall–Kier alpha value is -4.78. The lowest BCUT2D eigenvalue weighted by molar-refractivity contribution is -0.115. The lowest BCUT2D eigenvalue weighted by Gasteiger charge is -2.06. The molecule has 0 saturated heterocycles. The van der Waals surface area contributed by atoms with E-state index in [0.717, 1.165) is 22.0 Å². The topological polar surface area (TPSA) is 97.1 Å². The van der Waals surface area contributed by atoms with Crippen molar-refractivity contribution >= 4 is 28.4 Å². The van der Waals surface area contributed by atoms with Crippen LogP contribution < -0.4 is 10.6 Å². The van der Waals surface area contributed by atoms with Gasteiger partial charge >= 0.3 is 0 Å². The first-order valence-electron chi connectivity index (χ1n) is 11.6. The second kappa shape index (κ2) is 10.2. The minimum Gasteiger partial charge on any atom is -0.441 e. The molecule has 0 aliphatic carbocycles. The van der Waals surface area contributed by atoms with Gasteiger partial charge < -0.3 is 15.1 Å². The van der Waals surface area contributed by atoms with Gasteiger partial charge in [-0.1, -0.05) is 54.6 Å². The summed E-state index contributed by atoms with van der Waals surface area (Å²) in [6, 6.07) is 28.1. The van der Waals surface area contributed by atoms with Gasteiger partial charge in [0, 0.05) is 16.6 Å². The maximum absolute atomic E-state index is 12.6. The van der Waals surface area contributed by atoms with Crippen molar-refractivity contribution < 1.29 is 14.0 Å². The molecule has 0 bridgehead atoms. The number of carbonyl (C=O) groups is 2. The van der Waals surface area contributed by atoms with Gasteiger partial charge in [0.05, 0.1) is 18.5 Å². The zero-order valence-electron chi connectivity index (χ0n) is 19.7. The molecule has 0 saturated carbocycles. The van der Waals surface area contributed by atoms with Crippen LogP contribution in [0, 0.1) is 6.92 Å². The number of hydrogen-bond donors (Lipinski definition) is 2. The quantitative estimate of drug-likeness (QED) is 0.332. The Bertz CT molecular complexity index is 1530. The number of amides is 2. The number of fused-ring (bicyclic) bond motifs is 1. The molecule has 36 heavy (non-hydrogen) atoms. The van der Waals surface area contributed by atoms with E-state index in [1.807, 2.05) is 91.9 Å². The van der Waals surface area contributed by atoms with Crippen LogP contribution in [-0.2, 0) is 17.8 Å². The van der Waals surface area contributed by atoms with Crippen molar-refractivity contribution in [3.8, 4) is 11.5 Å². The van der Waals surface area contributed by atoms with Gasteiger partial charge in [-0.05, 0) is 48.9 Å². The number of aromatic nitrogens is 2. The van der Waals surface area contributed by atoms with Crippen LogP contribution in [-0.4, -0.2) is 21.8 Å². The van der Waals surface area contributed by atoms with E-state index in [4.69, 9.17) is 4.42 Å². The molecule has 5 rings (SSSR count). The Morgan fingerprint density at radius 1 is 0.833 bits per heavy atom. The summed E-state index contributed by atoms with van der Waals surface area (Å²) in [5, 5.41) is 6.75. The maximum atomic E-state index is 12.6. The second-order valence-corrected chi connectivity index (χ2v) is 8.38. The largest absolute Gasteiger partial charge is 0.441 e. The van der Waals surface area contributed by atoms with Crippen molar-refractivity contribution in [2.45, 2.75) is 19.9 Å². The molecule has 0 aliphatic rings. The van der Waals surface area contributed by atoms with Crippen LogP contribution in [0.2, 0.25) is 0 Å².